The van der Waals surface area contributed by atoms with Crippen LogP contribution in [0.1, 0.15) is 52.0 Å². The van der Waals surface area contributed by atoms with Gasteiger partial charge < -0.3 is 9.88 Å². The van der Waals surface area contributed by atoms with Crippen LogP contribution in [0.4, 0.5) is 5.82 Å². The lowest BCUT2D eigenvalue weighted by atomic mass is 9.75. The number of halogens is 1. The van der Waals surface area contributed by atoms with Crippen LogP contribution in [0.2, 0.25) is 0 Å². The molecule has 1 fully saturated rings. The molecule has 1 aliphatic carbocycles. The lowest BCUT2D eigenvalue weighted by Crippen LogP contribution is -2.36. The van der Waals surface area contributed by atoms with Crippen molar-refractivity contribution in [2.24, 2.45) is 5.41 Å². The van der Waals surface area contributed by atoms with Crippen molar-refractivity contribution in [2.45, 2.75) is 52.0 Å². The van der Waals surface area contributed by atoms with Crippen LogP contribution in [0.5, 0.6) is 0 Å². The van der Waals surface area contributed by atoms with E-state index < -0.39 is 0 Å². The van der Waals surface area contributed by atoms with Crippen LogP contribution in [0.15, 0.2) is 17.2 Å². The van der Waals surface area contributed by atoms with E-state index in [1.807, 2.05) is 13.8 Å². The largest absolute Gasteiger partial charge is 0.365 e. The molecule has 1 aliphatic rings. The molecule has 0 aliphatic heterocycles. The summed E-state index contributed by atoms with van der Waals surface area (Å²) >= 11 is 6.18. The number of aromatic nitrogens is 2. The Morgan fingerprint density at radius 3 is 2.70 bits per heavy atom. The molecule has 0 atom stereocenters. The highest BCUT2D eigenvalue weighted by Crippen LogP contribution is 2.37. The number of rotatable bonds is 5. The first-order valence-electron chi connectivity index (χ1n) is 7.45. The molecule has 1 aromatic heterocycles. The molecule has 0 radical (unpaired) electrons. The molecule has 5 heteroatoms. The van der Waals surface area contributed by atoms with Crippen LogP contribution in [-0.4, -0.2) is 22.0 Å². The van der Waals surface area contributed by atoms with Crippen LogP contribution in [0, 0.1) is 5.41 Å². The number of anilines is 1. The third-order valence-electron chi connectivity index (χ3n) is 4.25. The molecule has 0 aromatic carbocycles. The lowest BCUT2D eigenvalue weighted by molar-refractivity contribution is 0.237. The van der Waals surface area contributed by atoms with E-state index in [0.29, 0.717) is 11.7 Å². The second kappa shape index (κ2) is 6.61. The summed E-state index contributed by atoms with van der Waals surface area (Å²) in [5, 5.41) is 3.24. The highest BCUT2D eigenvalue weighted by atomic mass is 35.5. The zero-order chi connectivity index (χ0) is 14.6. The van der Waals surface area contributed by atoms with Crippen molar-refractivity contribution in [3.63, 3.8) is 0 Å². The fraction of sp³-hybridized carbons (Fsp3) is 0.733. The molecular formula is C15H24ClN3O. The van der Waals surface area contributed by atoms with E-state index >= 15 is 0 Å². The predicted octanol–water partition coefficient (Wildman–Crippen LogP) is 3.43. The summed E-state index contributed by atoms with van der Waals surface area (Å²) in [4.78, 5) is 16.5. The van der Waals surface area contributed by atoms with Gasteiger partial charge in [-0.05, 0) is 26.7 Å². The van der Waals surface area contributed by atoms with Crippen molar-refractivity contribution >= 4 is 17.4 Å². The molecule has 0 bridgehead atoms. The van der Waals surface area contributed by atoms with Crippen LogP contribution in [0.3, 0.4) is 0 Å². The lowest BCUT2D eigenvalue weighted by Gasteiger charge is -2.35. The fourth-order valence-corrected chi connectivity index (χ4v) is 3.25. The maximum Gasteiger partial charge on any atom is 0.293 e. The third-order valence-corrected chi connectivity index (χ3v) is 4.82. The monoisotopic (exact) mass is 297 g/mol. The quantitative estimate of drug-likeness (QED) is 0.847. The Bertz CT molecular complexity index is 492. The van der Waals surface area contributed by atoms with Gasteiger partial charge in [0.25, 0.3) is 5.56 Å². The summed E-state index contributed by atoms with van der Waals surface area (Å²) in [6.07, 6.45) is 9.43. The first-order chi connectivity index (χ1) is 9.58. The van der Waals surface area contributed by atoms with Gasteiger partial charge in [-0.2, -0.15) is 0 Å². The first kappa shape index (κ1) is 15.4. The fourth-order valence-electron chi connectivity index (χ4n) is 2.88. The average molecular weight is 298 g/mol. The van der Waals surface area contributed by atoms with Crippen LogP contribution < -0.4 is 10.9 Å². The number of nitrogens with zero attached hydrogens (tertiary/aromatic N) is 2. The van der Waals surface area contributed by atoms with Gasteiger partial charge >= 0.3 is 0 Å². The van der Waals surface area contributed by atoms with E-state index in [2.05, 4.69) is 10.3 Å². The van der Waals surface area contributed by atoms with Crippen molar-refractivity contribution in [3.8, 4) is 0 Å². The average Bonchev–Trinajstić information content (AvgIpc) is 2.47. The van der Waals surface area contributed by atoms with Crippen LogP contribution in [-0.2, 0) is 0 Å². The van der Waals surface area contributed by atoms with E-state index in [4.69, 9.17) is 11.6 Å². The molecule has 112 valence electrons. The molecule has 0 saturated heterocycles. The molecule has 1 saturated carbocycles. The van der Waals surface area contributed by atoms with Gasteiger partial charge in [0.1, 0.15) is 0 Å². The Hall–Kier alpha value is -1.03. The second-order valence-electron chi connectivity index (χ2n) is 6.13. The Morgan fingerprint density at radius 1 is 1.40 bits per heavy atom. The number of hydrogen-bond acceptors (Lipinski definition) is 3. The standard InChI is InChI=1S/C15H24ClN3O/c1-12(2)19-9-8-17-13(14(19)20)18-11-15(10-16)6-4-3-5-7-15/h8-9,12H,3-7,10-11H2,1-2H3,(H,17,18). The van der Waals surface area contributed by atoms with Gasteiger partial charge in [-0.15, -0.1) is 11.6 Å². The maximum absolute atomic E-state index is 12.3. The number of alkyl halides is 1. The molecule has 1 aromatic rings. The van der Waals surface area contributed by atoms with Crippen molar-refractivity contribution in [3.05, 3.63) is 22.7 Å². The Morgan fingerprint density at radius 2 is 2.10 bits per heavy atom. The van der Waals surface area contributed by atoms with E-state index in [9.17, 15) is 4.79 Å². The summed E-state index contributed by atoms with van der Waals surface area (Å²) in [6.45, 7) is 4.72. The minimum atomic E-state index is -0.0527. The van der Waals surface area contributed by atoms with E-state index in [-0.39, 0.29) is 17.0 Å². The van der Waals surface area contributed by atoms with Crippen molar-refractivity contribution in [2.75, 3.05) is 17.7 Å². The van der Waals surface area contributed by atoms with Crippen LogP contribution in [0.25, 0.3) is 0 Å². The summed E-state index contributed by atoms with van der Waals surface area (Å²) in [7, 11) is 0. The predicted molar refractivity (Wildman–Crippen MR) is 83.6 cm³/mol. The van der Waals surface area contributed by atoms with Crippen molar-refractivity contribution < 1.29 is 0 Å². The minimum Gasteiger partial charge on any atom is -0.365 e. The zero-order valence-electron chi connectivity index (χ0n) is 12.4. The molecule has 0 spiro atoms. The smallest absolute Gasteiger partial charge is 0.293 e. The van der Waals surface area contributed by atoms with Gasteiger partial charge in [0.15, 0.2) is 5.82 Å². The summed E-state index contributed by atoms with van der Waals surface area (Å²) < 4.78 is 1.70. The summed E-state index contributed by atoms with van der Waals surface area (Å²) in [5.74, 6) is 1.09. The summed E-state index contributed by atoms with van der Waals surface area (Å²) in [5.41, 5.74) is 0.0647. The number of hydrogen-bond donors (Lipinski definition) is 1. The molecule has 2 rings (SSSR count). The van der Waals surface area contributed by atoms with Gasteiger partial charge in [-0.3, -0.25) is 4.79 Å². The molecule has 4 nitrogen and oxygen atoms in total. The third kappa shape index (κ3) is 3.35. The Balaban J connectivity index is 2.10. The molecule has 0 unspecified atom stereocenters. The van der Waals surface area contributed by atoms with Gasteiger partial charge in [-0.25, -0.2) is 4.98 Å². The van der Waals surface area contributed by atoms with Gasteiger partial charge in [0.2, 0.25) is 0 Å². The van der Waals surface area contributed by atoms with E-state index in [0.717, 1.165) is 19.4 Å². The molecule has 20 heavy (non-hydrogen) atoms. The Labute approximate surface area is 125 Å². The highest BCUT2D eigenvalue weighted by Gasteiger charge is 2.31. The maximum atomic E-state index is 12.3. The molecule has 1 N–H and O–H groups in total. The highest BCUT2D eigenvalue weighted by molar-refractivity contribution is 6.18. The minimum absolute atomic E-state index is 0.0527. The van der Waals surface area contributed by atoms with E-state index in [1.165, 1.54) is 19.3 Å². The first-order valence-corrected chi connectivity index (χ1v) is 7.98. The van der Waals surface area contributed by atoms with Crippen molar-refractivity contribution in [1.29, 1.82) is 0 Å². The van der Waals surface area contributed by atoms with Crippen molar-refractivity contribution in [1.82, 2.24) is 9.55 Å². The molecule has 1 heterocycles. The van der Waals surface area contributed by atoms with Crippen LogP contribution >= 0.6 is 11.6 Å². The molecule has 0 amide bonds. The Kier molecular flexibility index (Phi) is 5.08. The topological polar surface area (TPSA) is 46.9 Å². The second-order valence-corrected chi connectivity index (χ2v) is 6.40. The normalized spacial score (nSPS) is 18.2. The number of nitrogens with one attached hydrogen (secondary N) is 1. The summed E-state index contributed by atoms with van der Waals surface area (Å²) in [6, 6.07) is 0.141. The van der Waals surface area contributed by atoms with Gasteiger partial charge in [0.05, 0.1) is 0 Å². The van der Waals surface area contributed by atoms with E-state index in [1.54, 1.807) is 17.0 Å². The zero-order valence-corrected chi connectivity index (χ0v) is 13.1. The van der Waals surface area contributed by atoms with Gasteiger partial charge in [-0.1, -0.05) is 19.3 Å². The molecular weight excluding hydrogens is 274 g/mol. The van der Waals surface area contributed by atoms with Gasteiger partial charge in [0, 0.05) is 36.3 Å². The SMILES string of the molecule is CC(C)n1ccnc(NCC2(CCl)CCCCC2)c1=O.